The second-order valence-corrected chi connectivity index (χ2v) is 6.71. The van der Waals surface area contributed by atoms with Gasteiger partial charge in [0.25, 0.3) is 5.91 Å². The number of hydrogen-bond donors (Lipinski definition) is 1. The highest BCUT2D eigenvalue weighted by atomic mass is 16.5. The number of amides is 2. The van der Waals surface area contributed by atoms with Crippen molar-refractivity contribution < 1.29 is 14.3 Å². The van der Waals surface area contributed by atoms with Crippen LogP contribution in [0, 0.1) is 13.8 Å². The second kappa shape index (κ2) is 7.65. The summed E-state index contributed by atoms with van der Waals surface area (Å²) in [6, 6.07) is 8.94. The molecule has 1 saturated heterocycles. The molecule has 1 fully saturated rings. The first kappa shape index (κ1) is 18.7. The molecule has 0 unspecified atom stereocenters. The van der Waals surface area contributed by atoms with E-state index in [-0.39, 0.29) is 23.4 Å². The maximum atomic E-state index is 12.8. The Morgan fingerprint density at radius 2 is 1.85 bits per heavy atom. The number of aryl methyl sites for hydroxylation is 2. The van der Waals surface area contributed by atoms with Gasteiger partial charge in [0.2, 0.25) is 5.91 Å². The summed E-state index contributed by atoms with van der Waals surface area (Å²) >= 11 is 0. The molecule has 0 spiro atoms. The fourth-order valence-corrected chi connectivity index (χ4v) is 3.27. The third-order valence-electron chi connectivity index (χ3n) is 4.71. The molecule has 2 aromatic rings. The molecule has 1 aromatic carbocycles. The Hall–Kier alpha value is -3.09. The monoisotopic (exact) mass is 369 g/mol. The van der Waals surface area contributed by atoms with Gasteiger partial charge in [0.1, 0.15) is 17.9 Å². The maximum absolute atomic E-state index is 12.8. The Labute approximate surface area is 157 Å². The number of piperazine rings is 1. The zero-order chi connectivity index (χ0) is 19.6. The van der Waals surface area contributed by atoms with Crippen LogP contribution in [0.1, 0.15) is 27.3 Å². The number of aromatic nitrogens is 1. The van der Waals surface area contributed by atoms with E-state index in [2.05, 4.69) is 4.98 Å². The minimum atomic E-state index is -0.397. The van der Waals surface area contributed by atoms with Gasteiger partial charge in [-0.25, -0.2) is 0 Å². The van der Waals surface area contributed by atoms with Crippen molar-refractivity contribution in [3.8, 4) is 5.75 Å². The predicted octanol–water partition coefficient (Wildman–Crippen LogP) is 1.48. The average molecular weight is 369 g/mol. The van der Waals surface area contributed by atoms with Gasteiger partial charge in [0.05, 0.1) is 7.11 Å². The van der Waals surface area contributed by atoms with Gasteiger partial charge in [0, 0.05) is 37.1 Å². The Morgan fingerprint density at radius 3 is 2.44 bits per heavy atom. The number of aromatic amines is 1. The van der Waals surface area contributed by atoms with Crippen molar-refractivity contribution in [3.05, 3.63) is 63.1 Å². The number of benzene rings is 1. The number of ether oxygens (including phenoxy) is 1. The maximum Gasteiger partial charge on any atom is 0.260 e. The number of rotatable bonds is 4. The molecule has 0 atom stereocenters. The van der Waals surface area contributed by atoms with E-state index >= 15 is 0 Å². The first-order valence-corrected chi connectivity index (χ1v) is 8.79. The third kappa shape index (κ3) is 4.02. The topological polar surface area (TPSA) is 82.7 Å². The van der Waals surface area contributed by atoms with Crippen molar-refractivity contribution in [3.63, 3.8) is 0 Å². The van der Waals surface area contributed by atoms with Crippen LogP contribution in [0.25, 0.3) is 0 Å². The van der Waals surface area contributed by atoms with Crippen LogP contribution in [0.3, 0.4) is 0 Å². The Balaban J connectivity index is 1.68. The van der Waals surface area contributed by atoms with Crippen LogP contribution in [0.4, 0.5) is 0 Å². The number of methoxy groups -OCH3 is 1. The number of carbonyl (C=O) groups excluding carboxylic acids is 2. The first-order chi connectivity index (χ1) is 12.9. The lowest BCUT2D eigenvalue weighted by atomic mass is 10.1. The van der Waals surface area contributed by atoms with Crippen molar-refractivity contribution in [1.29, 1.82) is 0 Å². The number of pyridine rings is 1. The molecule has 1 N–H and O–H groups in total. The summed E-state index contributed by atoms with van der Waals surface area (Å²) in [5.74, 6) is 0.233. The van der Waals surface area contributed by atoms with Crippen LogP contribution in [0.15, 0.2) is 35.1 Å². The minimum absolute atomic E-state index is 0.0260. The van der Waals surface area contributed by atoms with Gasteiger partial charge in [-0.2, -0.15) is 0 Å². The molecule has 7 heteroatoms. The van der Waals surface area contributed by atoms with E-state index in [1.54, 1.807) is 25.9 Å². The lowest BCUT2D eigenvalue weighted by Gasteiger charge is -2.34. The second-order valence-electron chi connectivity index (χ2n) is 6.71. The summed E-state index contributed by atoms with van der Waals surface area (Å²) in [5, 5.41) is 0. The number of nitrogens with one attached hydrogen (secondary N) is 1. The minimum Gasteiger partial charge on any atom is -0.497 e. The molecule has 7 nitrogen and oxygen atoms in total. The van der Waals surface area contributed by atoms with E-state index < -0.39 is 5.91 Å². The van der Waals surface area contributed by atoms with Gasteiger partial charge < -0.3 is 19.5 Å². The van der Waals surface area contributed by atoms with Crippen LogP contribution in [0.5, 0.6) is 5.75 Å². The zero-order valence-electron chi connectivity index (χ0n) is 15.7. The molecule has 0 radical (unpaired) electrons. The van der Waals surface area contributed by atoms with Crippen LogP contribution in [-0.4, -0.2) is 53.3 Å². The van der Waals surface area contributed by atoms with Crippen molar-refractivity contribution in [1.82, 2.24) is 14.8 Å². The highest BCUT2D eigenvalue weighted by Gasteiger charge is 2.29. The molecule has 3 rings (SSSR count). The molecule has 2 amide bonds. The number of hydrogen-bond acceptors (Lipinski definition) is 4. The van der Waals surface area contributed by atoms with E-state index in [4.69, 9.17) is 4.74 Å². The van der Waals surface area contributed by atoms with Crippen molar-refractivity contribution >= 4 is 11.8 Å². The standard InChI is InChI=1S/C20H23N3O4/c1-13-10-17(24)19(14(2)21-13)20(26)23-9-8-22(18(25)12-23)11-15-4-6-16(27-3)7-5-15/h4-7,10H,8-9,11-12H2,1-3H3,(H,21,24). The lowest BCUT2D eigenvalue weighted by molar-refractivity contribution is -0.135. The summed E-state index contributed by atoms with van der Waals surface area (Å²) in [4.78, 5) is 43.7. The Bertz CT molecular complexity index is 918. The SMILES string of the molecule is COc1ccc(CN2CCN(C(=O)c3c(C)[nH]c(C)cc3=O)CC2=O)cc1. The fraction of sp³-hybridized carbons (Fsp3) is 0.350. The summed E-state index contributed by atoms with van der Waals surface area (Å²) < 4.78 is 5.14. The van der Waals surface area contributed by atoms with E-state index in [0.717, 1.165) is 11.3 Å². The Kier molecular flexibility index (Phi) is 5.30. The largest absolute Gasteiger partial charge is 0.497 e. The van der Waals surface area contributed by atoms with E-state index in [1.165, 1.54) is 11.0 Å². The number of nitrogens with zero attached hydrogens (tertiary/aromatic N) is 2. The number of carbonyl (C=O) groups is 2. The average Bonchev–Trinajstić information content (AvgIpc) is 2.63. The van der Waals surface area contributed by atoms with Gasteiger partial charge in [0.15, 0.2) is 5.43 Å². The van der Waals surface area contributed by atoms with E-state index in [9.17, 15) is 14.4 Å². The molecule has 0 aliphatic carbocycles. The molecule has 1 aliphatic heterocycles. The molecule has 0 saturated carbocycles. The normalized spacial score (nSPS) is 14.4. The fourth-order valence-electron chi connectivity index (χ4n) is 3.27. The van der Waals surface area contributed by atoms with Gasteiger partial charge in [-0.3, -0.25) is 14.4 Å². The van der Waals surface area contributed by atoms with Gasteiger partial charge >= 0.3 is 0 Å². The highest BCUT2D eigenvalue weighted by Crippen LogP contribution is 2.16. The van der Waals surface area contributed by atoms with Crippen LogP contribution in [-0.2, 0) is 11.3 Å². The summed E-state index contributed by atoms with van der Waals surface area (Å²) in [7, 11) is 1.61. The molecule has 1 aliphatic rings. The van der Waals surface area contributed by atoms with Crippen molar-refractivity contribution in [2.75, 3.05) is 26.7 Å². The molecule has 142 valence electrons. The molecule has 0 bridgehead atoms. The molecular weight excluding hydrogens is 346 g/mol. The first-order valence-electron chi connectivity index (χ1n) is 8.79. The van der Waals surface area contributed by atoms with Crippen LogP contribution >= 0.6 is 0 Å². The van der Waals surface area contributed by atoms with E-state index in [1.807, 2.05) is 24.3 Å². The molecular formula is C20H23N3O4. The highest BCUT2D eigenvalue weighted by molar-refractivity contribution is 5.97. The molecule has 2 heterocycles. The van der Waals surface area contributed by atoms with Crippen LogP contribution in [0.2, 0.25) is 0 Å². The summed E-state index contributed by atoms with van der Waals surface area (Å²) in [5.41, 5.74) is 2.01. The smallest absolute Gasteiger partial charge is 0.260 e. The molecule has 1 aromatic heterocycles. The molecule has 27 heavy (non-hydrogen) atoms. The number of H-pyrrole nitrogens is 1. The zero-order valence-corrected chi connectivity index (χ0v) is 15.7. The quantitative estimate of drug-likeness (QED) is 0.885. The van der Waals surface area contributed by atoms with E-state index in [0.29, 0.717) is 31.0 Å². The third-order valence-corrected chi connectivity index (χ3v) is 4.71. The van der Waals surface area contributed by atoms with Gasteiger partial charge in [-0.15, -0.1) is 0 Å². The summed E-state index contributed by atoms with van der Waals surface area (Å²) in [6.07, 6.45) is 0. The summed E-state index contributed by atoms with van der Waals surface area (Å²) in [6.45, 7) is 4.75. The lowest BCUT2D eigenvalue weighted by Crippen LogP contribution is -2.52. The predicted molar refractivity (Wildman–Crippen MR) is 101 cm³/mol. The van der Waals surface area contributed by atoms with Crippen molar-refractivity contribution in [2.45, 2.75) is 20.4 Å². The Morgan fingerprint density at radius 1 is 1.15 bits per heavy atom. The van der Waals surface area contributed by atoms with Gasteiger partial charge in [-0.05, 0) is 31.5 Å². The van der Waals surface area contributed by atoms with Crippen molar-refractivity contribution in [2.24, 2.45) is 0 Å². The van der Waals surface area contributed by atoms with Gasteiger partial charge in [-0.1, -0.05) is 12.1 Å². The van der Waals surface area contributed by atoms with Crippen LogP contribution < -0.4 is 10.2 Å².